The highest BCUT2D eigenvalue weighted by atomic mass is 19.3. The van der Waals surface area contributed by atoms with Gasteiger partial charge in [0.2, 0.25) is 5.95 Å². The maximum absolute atomic E-state index is 12.8. The number of anilines is 2. The highest BCUT2D eigenvalue weighted by molar-refractivity contribution is 5.88. The van der Waals surface area contributed by atoms with Crippen LogP contribution in [-0.2, 0) is 17.9 Å². The standard InChI is InChI=1S/C25H33F2N7O2/c1-4-11-32(20(5-2)8-9-21(35)6-3)12-13-34-23(36)10-7-18-14-28-25(31-24(18)34)30-19-15-29-33(16-19)17-22(26)27/h6-7,10,14-16,20,22H,3-5,8-9,11-13,17H2,1-2H3,(H,28,30,31). The van der Waals surface area contributed by atoms with Gasteiger partial charge in [-0.3, -0.25) is 23.7 Å². The molecule has 3 rings (SSSR count). The molecule has 0 aliphatic rings. The smallest absolute Gasteiger partial charge is 0.257 e. The first-order chi connectivity index (χ1) is 17.3. The average Bonchev–Trinajstić information content (AvgIpc) is 3.29. The fourth-order valence-corrected chi connectivity index (χ4v) is 4.19. The lowest BCUT2D eigenvalue weighted by Gasteiger charge is -2.31. The fraction of sp³-hybridized carbons (Fsp3) is 0.480. The number of allylic oxidation sites excluding steroid dienone is 1. The Morgan fingerprint density at radius 1 is 1.25 bits per heavy atom. The molecule has 0 amide bonds. The van der Waals surface area contributed by atoms with Crippen molar-refractivity contribution in [3.63, 3.8) is 0 Å². The van der Waals surface area contributed by atoms with Crippen molar-refractivity contribution in [3.05, 3.63) is 53.7 Å². The lowest BCUT2D eigenvalue weighted by Crippen LogP contribution is -2.39. The van der Waals surface area contributed by atoms with Gasteiger partial charge >= 0.3 is 0 Å². The largest absolute Gasteiger partial charge is 0.321 e. The first-order valence-corrected chi connectivity index (χ1v) is 12.2. The van der Waals surface area contributed by atoms with Crippen LogP contribution in [0.25, 0.3) is 11.0 Å². The van der Waals surface area contributed by atoms with Crippen molar-refractivity contribution < 1.29 is 13.6 Å². The van der Waals surface area contributed by atoms with Crippen LogP contribution in [0, 0.1) is 0 Å². The van der Waals surface area contributed by atoms with Crippen molar-refractivity contribution >= 4 is 28.5 Å². The maximum Gasteiger partial charge on any atom is 0.257 e. The minimum absolute atomic E-state index is 0.0339. The van der Waals surface area contributed by atoms with Gasteiger partial charge in [0, 0.05) is 49.4 Å². The second-order valence-corrected chi connectivity index (χ2v) is 8.57. The Morgan fingerprint density at radius 3 is 2.75 bits per heavy atom. The van der Waals surface area contributed by atoms with Crippen LogP contribution < -0.4 is 10.9 Å². The number of fused-ring (bicyclic) bond motifs is 1. The molecule has 0 radical (unpaired) electrons. The number of alkyl halides is 2. The number of hydrogen-bond donors (Lipinski definition) is 1. The molecule has 1 unspecified atom stereocenters. The number of pyridine rings is 1. The SMILES string of the molecule is C=CC(=O)CCC(CC)N(CCC)CCn1c(=O)ccc2cnc(Nc3cnn(CC(F)F)c3)nc21. The van der Waals surface area contributed by atoms with Crippen LogP contribution >= 0.6 is 0 Å². The van der Waals surface area contributed by atoms with Crippen molar-refractivity contribution in [2.24, 2.45) is 0 Å². The van der Waals surface area contributed by atoms with Crippen molar-refractivity contribution in [2.45, 2.75) is 65.1 Å². The Balaban J connectivity index is 1.80. The zero-order chi connectivity index (χ0) is 26.1. The van der Waals surface area contributed by atoms with E-state index in [-0.39, 0.29) is 23.3 Å². The number of halogens is 2. The Bertz CT molecular complexity index is 1220. The third-order valence-corrected chi connectivity index (χ3v) is 6.00. The third-order valence-electron chi connectivity index (χ3n) is 6.00. The number of carbonyl (C=O) groups is 1. The summed E-state index contributed by atoms with van der Waals surface area (Å²) in [5.74, 6) is 0.268. The molecule has 9 nitrogen and oxygen atoms in total. The van der Waals surface area contributed by atoms with Gasteiger partial charge in [-0.25, -0.2) is 13.8 Å². The maximum atomic E-state index is 12.8. The van der Waals surface area contributed by atoms with E-state index in [4.69, 9.17) is 0 Å². The Labute approximate surface area is 208 Å². The van der Waals surface area contributed by atoms with Crippen LogP contribution in [0.2, 0.25) is 0 Å². The van der Waals surface area contributed by atoms with Gasteiger partial charge in [-0.15, -0.1) is 0 Å². The normalized spacial score (nSPS) is 12.4. The number of ketones is 1. The molecule has 0 aromatic carbocycles. The fourth-order valence-electron chi connectivity index (χ4n) is 4.19. The summed E-state index contributed by atoms with van der Waals surface area (Å²) in [6.45, 7) is 9.15. The van der Waals surface area contributed by atoms with Crippen LogP contribution in [0.5, 0.6) is 0 Å². The van der Waals surface area contributed by atoms with E-state index in [1.54, 1.807) is 16.8 Å². The molecule has 3 aromatic rings. The molecular weight excluding hydrogens is 468 g/mol. The zero-order valence-corrected chi connectivity index (χ0v) is 20.7. The topological polar surface area (TPSA) is 97.9 Å². The van der Waals surface area contributed by atoms with Crippen LogP contribution in [0.3, 0.4) is 0 Å². The number of aromatic nitrogens is 5. The number of nitrogens with zero attached hydrogens (tertiary/aromatic N) is 6. The van der Waals surface area contributed by atoms with E-state index >= 15 is 0 Å². The van der Waals surface area contributed by atoms with E-state index in [0.717, 1.165) is 30.5 Å². The van der Waals surface area contributed by atoms with Crippen molar-refractivity contribution in [3.8, 4) is 0 Å². The van der Waals surface area contributed by atoms with E-state index < -0.39 is 13.0 Å². The van der Waals surface area contributed by atoms with Crippen molar-refractivity contribution in [2.75, 3.05) is 18.4 Å². The van der Waals surface area contributed by atoms with E-state index in [9.17, 15) is 18.4 Å². The first-order valence-electron chi connectivity index (χ1n) is 12.2. The summed E-state index contributed by atoms with van der Waals surface area (Å²) in [5.41, 5.74) is 0.767. The predicted molar refractivity (Wildman–Crippen MR) is 136 cm³/mol. The number of rotatable bonds is 15. The van der Waals surface area contributed by atoms with Crippen molar-refractivity contribution in [1.29, 1.82) is 0 Å². The predicted octanol–water partition coefficient (Wildman–Crippen LogP) is 4.02. The number of nitrogens with one attached hydrogen (secondary N) is 1. The second-order valence-electron chi connectivity index (χ2n) is 8.57. The van der Waals surface area contributed by atoms with Crippen LogP contribution in [-0.4, -0.2) is 60.6 Å². The van der Waals surface area contributed by atoms with Gasteiger partial charge in [-0.1, -0.05) is 20.4 Å². The van der Waals surface area contributed by atoms with Crippen molar-refractivity contribution in [1.82, 2.24) is 29.2 Å². The van der Waals surface area contributed by atoms with Gasteiger partial charge in [0.25, 0.3) is 12.0 Å². The van der Waals surface area contributed by atoms with Gasteiger partial charge < -0.3 is 5.32 Å². The summed E-state index contributed by atoms with van der Waals surface area (Å²) in [7, 11) is 0. The molecule has 0 aliphatic carbocycles. The molecule has 0 bridgehead atoms. The van der Waals surface area contributed by atoms with Gasteiger partial charge in [0.05, 0.1) is 11.9 Å². The minimum atomic E-state index is -2.51. The summed E-state index contributed by atoms with van der Waals surface area (Å²) in [6.07, 6.45) is 6.36. The molecule has 36 heavy (non-hydrogen) atoms. The highest BCUT2D eigenvalue weighted by Crippen LogP contribution is 2.17. The molecule has 0 saturated heterocycles. The van der Waals surface area contributed by atoms with E-state index in [2.05, 4.69) is 45.7 Å². The number of hydrogen-bond acceptors (Lipinski definition) is 7. The molecule has 0 aliphatic heterocycles. The van der Waals surface area contributed by atoms with E-state index in [1.807, 2.05) is 0 Å². The molecule has 1 N–H and O–H groups in total. The minimum Gasteiger partial charge on any atom is -0.321 e. The Kier molecular flexibility index (Phi) is 9.80. The van der Waals surface area contributed by atoms with Crippen LogP contribution in [0.15, 0.2) is 48.2 Å². The molecule has 3 heterocycles. The molecular formula is C25H33F2N7O2. The van der Waals surface area contributed by atoms with Crippen LogP contribution in [0.1, 0.15) is 39.5 Å². The summed E-state index contributed by atoms with van der Waals surface area (Å²) < 4.78 is 28.0. The quantitative estimate of drug-likeness (QED) is 0.314. The van der Waals surface area contributed by atoms with E-state index in [0.29, 0.717) is 36.2 Å². The lowest BCUT2D eigenvalue weighted by molar-refractivity contribution is -0.114. The molecule has 0 fully saturated rings. The summed E-state index contributed by atoms with van der Waals surface area (Å²) in [6, 6.07) is 3.39. The van der Waals surface area contributed by atoms with Gasteiger partial charge in [-0.2, -0.15) is 10.1 Å². The Hall–Kier alpha value is -3.47. The summed E-state index contributed by atoms with van der Waals surface area (Å²) in [4.78, 5) is 35.7. The molecule has 0 saturated carbocycles. The lowest BCUT2D eigenvalue weighted by atomic mass is 10.0. The molecule has 11 heteroatoms. The van der Waals surface area contributed by atoms with E-state index in [1.165, 1.54) is 24.5 Å². The highest BCUT2D eigenvalue weighted by Gasteiger charge is 2.18. The third kappa shape index (κ3) is 7.27. The zero-order valence-electron chi connectivity index (χ0n) is 20.7. The van der Waals surface area contributed by atoms with Gasteiger partial charge in [0.1, 0.15) is 12.2 Å². The summed E-state index contributed by atoms with van der Waals surface area (Å²) >= 11 is 0. The molecule has 1 atom stereocenters. The van der Waals surface area contributed by atoms with Gasteiger partial charge in [0.15, 0.2) is 5.78 Å². The molecule has 3 aromatic heterocycles. The monoisotopic (exact) mass is 501 g/mol. The Morgan fingerprint density at radius 2 is 2.06 bits per heavy atom. The average molecular weight is 502 g/mol. The summed E-state index contributed by atoms with van der Waals surface area (Å²) in [5, 5.41) is 7.57. The first kappa shape index (κ1) is 27.1. The number of carbonyl (C=O) groups excluding carboxylic acids is 1. The molecule has 0 spiro atoms. The van der Waals surface area contributed by atoms with Gasteiger partial charge in [-0.05, 0) is 37.9 Å². The molecule has 194 valence electrons. The second kappa shape index (κ2) is 13.0. The van der Waals surface area contributed by atoms with Crippen LogP contribution in [0.4, 0.5) is 20.4 Å².